The van der Waals surface area contributed by atoms with Crippen molar-refractivity contribution in [3.63, 3.8) is 0 Å². The van der Waals surface area contributed by atoms with Gasteiger partial charge in [-0.05, 0) is 51.8 Å². The molecule has 1 aromatic rings. The highest BCUT2D eigenvalue weighted by molar-refractivity contribution is 5.68. The van der Waals surface area contributed by atoms with Crippen molar-refractivity contribution in [3.8, 4) is 0 Å². The molecule has 1 unspecified atom stereocenters. The van der Waals surface area contributed by atoms with Crippen LogP contribution in [0.3, 0.4) is 0 Å². The Morgan fingerprint density at radius 1 is 1.24 bits per heavy atom. The minimum absolute atomic E-state index is 0.0863. The summed E-state index contributed by atoms with van der Waals surface area (Å²) in [5, 5.41) is 11.4. The highest BCUT2D eigenvalue weighted by Crippen LogP contribution is 2.41. The Morgan fingerprint density at radius 3 is 2.52 bits per heavy atom. The van der Waals surface area contributed by atoms with Crippen LogP contribution in [0.5, 0.6) is 0 Å². The Bertz CT molecular complexity index is 630. The third-order valence-electron chi connectivity index (χ3n) is 5.29. The van der Waals surface area contributed by atoms with Crippen LogP contribution in [0.25, 0.3) is 0 Å². The van der Waals surface area contributed by atoms with Crippen molar-refractivity contribution in [2.45, 2.75) is 57.3 Å². The highest BCUT2D eigenvalue weighted by Gasteiger charge is 2.44. The molecule has 5 nitrogen and oxygen atoms in total. The third kappa shape index (κ3) is 3.98. The zero-order valence-electron chi connectivity index (χ0n) is 15.8. The average molecular weight is 346 g/mol. The number of carbonyl (C=O) groups is 1. The minimum atomic E-state index is -0.775. The van der Waals surface area contributed by atoms with Crippen LogP contribution in [0, 0.1) is 0 Å². The average Bonchev–Trinajstić information content (AvgIpc) is 2.53. The summed E-state index contributed by atoms with van der Waals surface area (Å²) in [7, 11) is 2.10. The third-order valence-corrected chi connectivity index (χ3v) is 5.29. The molecule has 1 aromatic carbocycles. The van der Waals surface area contributed by atoms with Gasteiger partial charge < -0.3 is 19.6 Å². The molecule has 2 aliphatic heterocycles. The van der Waals surface area contributed by atoms with Crippen LogP contribution >= 0.6 is 0 Å². The van der Waals surface area contributed by atoms with E-state index < -0.39 is 11.2 Å². The van der Waals surface area contributed by atoms with Crippen molar-refractivity contribution in [2.75, 3.05) is 26.7 Å². The van der Waals surface area contributed by atoms with Gasteiger partial charge in [-0.3, -0.25) is 0 Å². The molecule has 1 saturated heterocycles. The van der Waals surface area contributed by atoms with Crippen LogP contribution in [0.1, 0.15) is 50.7 Å². The van der Waals surface area contributed by atoms with Crippen LogP contribution in [0.2, 0.25) is 0 Å². The lowest BCUT2D eigenvalue weighted by molar-refractivity contribution is -0.0562. The first-order chi connectivity index (χ1) is 11.7. The number of ether oxygens (including phenoxy) is 1. The molecule has 2 heterocycles. The summed E-state index contributed by atoms with van der Waals surface area (Å²) in [6.45, 7) is 8.47. The van der Waals surface area contributed by atoms with Gasteiger partial charge >= 0.3 is 6.09 Å². The second kappa shape index (κ2) is 6.61. The van der Waals surface area contributed by atoms with E-state index in [0.717, 1.165) is 13.1 Å². The van der Waals surface area contributed by atoms with E-state index >= 15 is 0 Å². The van der Waals surface area contributed by atoms with Gasteiger partial charge in [-0.1, -0.05) is 24.3 Å². The molecule has 25 heavy (non-hydrogen) atoms. The van der Waals surface area contributed by atoms with Crippen molar-refractivity contribution >= 4 is 6.09 Å². The van der Waals surface area contributed by atoms with E-state index in [2.05, 4.69) is 36.2 Å². The van der Waals surface area contributed by atoms with Gasteiger partial charge in [-0.2, -0.15) is 0 Å². The number of likely N-dealkylation sites (N-methyl/N-ethyl adjacent to an activating group) is 1. The zero-order valence-corrected chi connectivity index (χ0v) is 15.8. The van der Waals surface area contributed by atoms with Gasteiger partial charge in [-0.15, -0.1) is 0 Å². The van der Waals surface area contributed by atoms with E-state index in [0.29, 0.717) is 25.9 Å². The van der Waals surface area contributed by atoms with Gasteiger partial charge in [0.2, 0.25) is 0 Å². The molecule has 0 aromatic heterocycles. The number of fused-ring (bicyclic) bond motifs is 1. The summed E-state index contributed by atoms with van der Waals surface area (Å²) >= 11 is 0. The summed E-state index contributed by atoms with van der Waals surface area (Å²) in [5.74, 6) is 0.0863. The van der Waals surface area contributed by atoms with Crippen molar-refractivity contribution in [1.82, 2.24) is 9.80 Å². The van der Waals surface area contributed by atoms with Crippen LogP contribution in [-0.4, -0.2) is 58.9 Å². The van der Waals surface area contributed by atoms with Crippen LogP contribution in [0.4, 0.5) is 4.79 Å². The first-order valence-electron chi connectivity index (χ1n) is 9.15. The molecular weight excluding hydrogens is 316 g/mol. The minimum Gasteiger partial charge on any atom is -0.444 e. The van der Waals surface area contributed by atoms with Gasteiger partial charge in [0.25, 0.3) is 0 Å². The molecule has 0 bridgehead atoms. The molecule has 1 atom stereocenters. The second-order valence-electron chi connectivity index (χ2n) is 8.52. The molecular formula is C20H30N2O3. The second-order valence-corrected chi connectivity index (χ2v) is 8.52. The maximum atomic E-state index is 12.3. The maximum Gasteiger partial charge on any atom is 0.410 e. The van der Waals surface area contributed by atoms with Crippen molar-refractivity contribution in [2.24, 2.45) is 0 Å². The lowest BCUT2D eigenvalue weighted by Gasteiger charge is -2.46. The number of likely N-dealkylation sites (tertiary alicyclic amines) is 1. The van der Waals surface area contributed by atoms with Crippen LogP contribution in [0.15, 0.2) is 24.3 Å². The lowest BCUT2D eigenvalue weighted by Crippen LogP contribution is -2.53. The monoisotopic (exact) mass is 346 g/mol. The number of piperidine rings is 1. The number of hydrogen-bond donors (Lipinski definition) is 1. The largest absolute Gasteiger partial charge is 0.444 e. The number of nitrogens with zero attached hydrogens (tertiary/aromatic N) is 2. The first-order valence-corrected chi connectivity index (χ1v) is 9.15. The lowest BCUT2D eigenvalue weighted by atomic mass is 9.73. The van der Waals surface area contributed by atoms with E-state index in [1.165, 1.54) is 11.1 Å². The predicted molar refractivity (Wildman–Crippen MR) is 97.5 cm³/mol. The van der Waals surface area contributed by atoms with E-state index in [-0.39, 0.29) is 12.0 Å². The molecule has 0 spiro atoms. The summed E-state index contributed by atoms with van der Waals surface area (Å²) in [6.07, 6.45) is 0.883. The predicted octanol–water partition coefficient (Wildman–Crippen LogP) is 2.98. The Balaban J connectivity index is 1.72. The smallest absolute Gasteiger partial charge is 0.410 e. The number of aliphatic hydroxyl groups is 1. The number of benzene rings is 1. The molecule has 138 valence electrons. The molecule has 1 fully saturated rings. The molecule has 3 rings (SSSR count). The van der Waals surface area contributed by atoms with Crippen molar-refractivity contribution in [1.29, 1.82) is 0 Å². The number of amides is 1. The number of rotatable bonds is 1. The van der Waals surface area contributed by atoms with Gasteiger partial charge in [0.15, 0.2) is 0 Å². The maximum absolute atomic E-state index is 12.3. The Hall–Kier alpha value is -1.59. The molecule has 0 radical (unpaired) electrons. The van der Waals surface area contributed by atoms with Crippen LogP contribution < -0.4 is 0 Å². The Labute approximate surface area is 150 Å². The standard InChI is InChI=1S/C20H30N2O3/c1-19(2,3)25-18(23)22-11-9-20(24,10-12-22)17-14-21(4)13-15-7-5-6-8-16(15)17/h5-8,17,24H,9-14H2,1-4H3. The SMILES string of the molecule is CN1Cc2ccccc2C(C2(O)CCN(C(=O)OC(C)(C)C)CC2)C1. The quantitative estimate of drug-likeness (QED) is 0.849. The summed E-state index contributed by atoms with van der Waals surface area (Å²) in [6, 6.07) is 8.41. The van der Waals surface area contributed by atoms with Gasteiger partial charge in [0, 0.05) is 32.1 Å². The van der Waals surface area contributed by atoms with Crippen LogP contribution in [-0.2, 0) is 11.3 Å². The number of hydrogen-bond acceptors (Lipinski definition) is 4. The van der Waals surface area contributed by atoms with Crippen molar-refractivity contribution in [3.05, 3.63) is 35.4 Å². The number of carbonyl (C=O) groups excluding carboxylic acids is 1. The van der Waals surface area contributed by atoms with E-state index in [1.54, 1.807) is 4.90 Å². The fourth-order valence-corrected chi connectivity index (χ4v) is 3.99. The molecule has 0 aliphatic carbocycles. The molecule has 1 amide bonds. The zero-order chi connectivity index (χ0) is 18.2. The highest BCUT2D eigenvalue weighted by atomic mass is 16.6. The molecule has 5 heteroatoms. The molecule has 0 saturated carbocycles. The fourth-order valence-electron chi connectivity index (χ4n) is 3.99. The summed E-state index contributed by atoms with van der Waals surface area (Å²) in [4.78, 5) is 16.3. The first kappa shape index (κ1) is 18.2. The van der Waals surface area contributed by atoms with Gasteiger partial charge in [-0.25, -0.2) is 4.79 Å². The van der Waals surface area contributed by atoms with E-state index in [1.807, 2.05) is 20.8 Å². The van der Waals surface area contributed by atoms with Gasteiger partial charge in [0.1, 0.15) is 5.60 Å². The molecule has 2 aliphatic rings. The van der Waals surface area contributed by atoms with E-state index in [4.69, 9.17) is 4.74 Å². The Kier molecular flexibility index (Phi) is 4.82. The van der Waals surface area contributed by atoms with E-state index in [9.17, 15) is 9.90 Å². The summed E-state index contributed by atoms with van der Waals surface area (Å²) in [5.41, 5.74) is 1.29. The fraction of sp³-hybridized carbons (Fsp3) is 0.650. The summed E-state index contributed by atoms with van der Waals surface area (Å²) < 4.78 is 5.46. The van der Waals surface area contributed by atoms with Crippen molar-refractivity contribution < 1.29 is 14.6 Å². The normalized spacial score (nSPS) is 23.9. The topological polar surface area (TPSA) is 53.0 Å². The van der Waals surface area contributed by atoms with Gasteiger partial charge in [0.05, 0.1) is 5.60 Å². The molecule has 1 N–H and O–H groups in total. The Morgan fingerprint density at radius 2 is 1.88 bits per heavy atom.